The highest BCUT2D eigenvalue weighted by Gasteiger charge is 2.36. The molecule has 0 saturated carbocycles. The van der Waals surface area contributed by atoms with Crippen molar-refractivity contribution in [3.05, 3.63) is 64.7 Å². The van der Waals surface area contributed by atoms with Crippen molar-refractivity contribution in [1.29, 1.82) is 0 Å². The summed E-state index contributed by atoms with van der Waals surface area (Å²) in [7, 11) is 0. The summed E-state index contributed by atoms with van der Waals surface area (Å²) in [5.41, 5.74) is 2.75. The van der Waals surface area contributed by atoms with Gasteiger partial charge in [0.2, 0.25) is 0 Å². The number of carbonyl (C=O) groups is 3. The Hall–Kier alpha value is -2.75. The van der Waals surface area contributed by atoms with Crippen molar-refractivity contribution >= 4 is 23.8 Å². The van der Waals surface area contributed by atoms with Crippen LogP contribution in [0, 0.1) is 6.92 Å². The van der Waals surface area contributed by atoms with Crippen molar-refractivity contribution in [2.24, 2.45) is 0 Å². The Morgan fingerprint density at radius 2 is 1.55 bits per heavy atom. The molecule has 4 nitrogen and oxygen atoms in total. The first-order valence-corrected chi connectivity index (χ1v) is 6.16. The lowest BCUT2D eigenvalue weighted by Crippen LogP contribution is -2.29. The largest absolute Gasteiger partial charge is 0.298 e. The Labute approximate surface area is 115 Å². The normalized spacial score (nSPS) is 13.6. The van der Waals surface area contributed by atoms with E-state index in [4.69, 9.17) is 0 Å². The summed E-state index contributed by atoms with van der Waals surface area (Å²) >= 11 is 0. The summed E-state index contributed by atoms with van der Waals surface area (Å²) in [6.45, 7) is 1.87. The lowest BCUT2D eigenvalue weighted by atomic mass is 10.1. The molecule has 1 aliphatic rings. The predicted octanol–water partition coefficient (Wildman–Crippen LogP) is 2.61. The number of aryl methyl sites for hydroxylation is 1. The molecule has 0 bridgehead atoms. The molecule has 1 aliphatic heterocycles. The number of fused-ring (bicyclic) bond motifs is 1. The molecule has 0 unspecified atom stereocenters. The first-order chi connectivity index (χ1) is 9.61. The number of benzene rings is 2. The maximum atomic E-state index is 12.3. The van der Waals surface area contributed by atoms with Gasteiger partial charge in [-0.2, -0.15) is 0 Å². The van der Waals surface area contributed by atoms with Crippen molar-refractivity contribution in [2.75, 3.05) is 4.90 Å². The van der Waals surface area contributed by atoms with Crippen LogP contribution in [0.1, 0.15) is 36.6 Å². The van der Waals surface area contributed by atoms with Crippen molar-refractivity contribution in [3.63, 3.8) is 0 Å². The van der Waals surface area contributed by atoms with Gasteiger partial charge in [-0.3, -0.25) is 14.4 Å². The molecule has 2 amide bonds. The molecule has 0 radical (unpaired) electrons. The maximum absolute atomic E-state index is 12.3. The molecule has 0 spiro atoms. The number of nitrogens with zero attached hydrogens (tertiary/aromatic N) is 1. The average Bonchev–Trinajstić information content (AvgIpc) is 2.71. The Balaban J connectivity index is 2.06. The van der Waals surface area contributed by atoms with Crippen molar-refractivity contribution in [1.82, 2.24) is 0 Å². The third-order valence-electron chi connectivity index (χ3n) is 3.33. The first kappa shape index (κ1) is 12.3. The number of hydrogen-bond donors (Lipinski definition) is 0. The smallest absolute Gasteiger partial charge is 0.266 e. The van der Waals surface area contributed by atoms with E-state index >= 15 is 0 Å². The highest BCUT2D eigenvalue weighted by Crippen LogP contribution is 2.28. The van der Waals surface area contributed by atoms with E-state index in [9.17, 15) is 14.4 Å². The fourth-order valence-corrected chi connectivity index (χ4v) is 2.29. The molecule has 0 aromatic heterocycles. The third kappa shape index (κ3) is 1.73. The molecule has 0 N–H and O–H groups in total. The monoisotopic (exact) mass is 265 g/mol. The molecule has 4 heteroatoms. The van der Waals surface area contributed by atoms with Gasteiger partial charge in [0.1, 0.15) is 6.29 Å². The van der Waals surface area contributed by atoms with E-state index in [2.05, 4.69) is 0 Å². The lowest BCUT2D eigenvalue weighted by Gasteiger charge is -2.13. The average molecular weight is 265 g/mol. The van der Waals surface area contributed by atoms with Crippen molar-refractivity contribution in [3.8, 4) is 0 Å². The van der Waals surface area contributed by atoms with Crippen LogP contribution in [-0.4, -0.2) is 18.1 Å². The second-order valence-corrected chi connectivity index (χ2v) is 4.70. The molecule has 2 aromatic carbocycles. The van der Waals surface area contributed by atoms with Crippen LogP contribution in [0.25, 0.3) is 0 Å². The number of anilines is 1. The minimum Gasteiger partial charge on any atom is -0.298 e. The van der Waals surface area contributed by atoms with Crippen LogP contribution in [0.3, 0.4) is 0 Å². The molecule has 0 atom stereocenters. The fourth-order valence-electron chi connectivity index (χ4n) is 2.29. The summed E-state index contributed by atoms with van der Waals surface area (Å²) in [6, 6.07) is 11.5. The lowest BCUT2D eigenvalue weighted by molar-refractivity contribution is 0.0925. The third-order valence-corrected chi connectivity index (χ3v) is 3.33. The summed E-state index contributed by atoms with van der Waals surface area (Å²) in [6.07, 6.45) is 0.718. The summed E-state index contributed by atoms with van der Waals surface area (Å²) in [5.74, 6) is -0.656. The highest BCUT2D eigenvalue weighted by molar-refractivity contribution is 6.34. The quantitative estimate of drug-likeness (QED) is 0.619. The van der Waals surface area contributed by atoms with E-state index < -0.39 is 0 Å². The molecule has 3 rings (SSSR count). The van der Waals surface area contributed by atoms with Gasteiger partial charge in [-0.15, -0.1) is 0 Å². The van der Waals surface area contributed by atoms with E-state index in [-0.39, 0.29) is 11.8 Å². The van der Waals surface area contributed by atoms with Crippen LogP contribution >= 0.6 is 0 Å². The zero-order valence-corrected chi connectivity index (χ0v) is 10.8. The van der Waals surface area contributed by atoms with E-state index in [1.165, 1.54) is 0 Å². The van der Waals surface area contributed by atoms with Gasteiger partial charge in [0.15, 0.2) is 0 Å². The second kappa shape index (κ2) is 4.42. The Morgan fingerprint density at radius 3 is 2.20 bits per heavy atom. The maximum Gasteiger partial charge on any atom is 0.266 e. The van der Waals surface area contributed by atoms with Gasteiger partial charge in [-0.25, -0.2) is 4.90 Å². The number of amides is 2. The summed E-state index contributed by atoms with van der Waals surface area (Å²) in [5, 5.41) is 0. The van der Waals surface area contributed by atoms with Crippen LogP contribution in [0.15, 0.2) is 42.5 Å². The molecule has 1 heterocycles. The minimum absolute atomic E-state index is 0.326. The zero-order valence-electron chi connectivity index (χ0n) is 10.8. The van der Waals surface area contributed by atoms with Gasteiger partial charge in [0.25, 0.3) is 11.8 Å². The number of carbonyl (C=O) groups excluding carboxylic acids is 3. The molecule has 0 aliphatic carbocycles. The number of hydrogen-bond acceptors (Lipinski definition) is 3. The van der Waals surface area contributed by atoms with Gasteiger partial charge < -0.3 is 0 Å². The van der Waals surface area contributed by atoms with Gasteiger partial charge in [-0.05, 0) is 43.3 Å². The Bertz CT molecular complexity index is 732. The topological polar surface area (TPSA) is 54.5 Å². The van der Waals surface area contributed by atoms with Gasteiger partial charge in [0.05, 0.1) is 16.8 Å². The summed E-state index contributed by atoms with van der Waals surface area (Å²) < 4.78 is 0. The molecule has 0 saturated heterocycles. The van der Waals surface area contributed by atoms with E-state index in [0.29, 0.717) is 22.4 Å². The van der Waals surface area contributed by atoms with Crippen LogP contribution in [0.5, 0.6) is 0 Å². The molecular formula is C16H11NO3. The Kier molecular flexibility index (Phi) is 2.71. The molecule has 98 valence electrons. The molecule has 20 heavy (non-hydrogen) atoms. The van der Waals surface area contributed by atoms with E-state index in [1.807, 2.05) is 13.0 Å². The zero-order chi connectivity index (χ0) is 14.3. The van der Waals surface area contributed by atoms with Gasteiger partial charge in [0, 0.05) is 5.56 Å². The van der Waals surface area contributed by atoms with Crippen LogP contribution in [0.2, 0.25) is 0 Å². The van der Waals surface area contributed by atoms with Crippen LogP contribution in [-0.2, 0) is 0 Å². The molecular weight excluding hydrogens is 254 g/mol. The van der Waals surface area contributed by atoms with Crippen LogP contribution in [0.4, 0.5) is 5.69 Å². The number of aldehydes is 1. The fraction of sp³-hybridized carbons (Fsp3) is 0.0625. The van der Waals surface area contributed by atoms with Gasteiger partial charge in [-0.1, -0.05) is 11.6 Å². The predicted molar refractivity (Wildman–Crippen MR) is 74.1 cm³/mol. The van der Waals surface area contributed by atoms with E-state index in [0.717, 1.165) is 16.7 Å². The summed E-state index contributed by atoms with van der Waals surface area (Å²) in [4.78, 5) is 36.4. The van der Waals surface area contributed by atoms with Crippen LogP contribution < -0.4 is 4.90 Å². The van der Waals surface area contributed by atoms with Crippen molar-refractivity contribution < 1.29 is 14.4 Å². The SMILES string of the molecule is Cc1ccc2c(c1)C(=O)N(c1ccc(C=O)cc1)C2=O. The molecule has 0 fully saturated rings. The molecule has 2 aromatic rings. The van der Waals surface area contributed by atoms with Crippen molar-refractivity contribution in [2.45, 2.75) is 6.92 Å². The minimum atomic E-state index is -0.330. The Morgan fingerprint density at radius 1 is 0.900 bits per heavy atom. The van der Waals surface area contributed by atoms with Gasteiger partial charge >= 0.3 is 0 Å². The first-order valence-electron chi connectivity index (χ1n) is 6.16. The highest BCUT2D eigenvalue weighted by atomic mass is 16.2. The number of rotatable bonds is 2. The number of imide groups is 1. The van der Waals surface area contributed by atoms with E-state index in [1.54, 1.807) is 36.4 Å². The second-order valence-electron chi connectivity index (χ2n) is 4.70. The standard InChI is InChI=1S/C16H11NO3/c1-10-2-7-13-14(8-10)16(20)17(15(13)19)12-5-3-11(9-18)4-6-12/h2-9H,1H3.